The maximum atomic E-state index is 12.4. The predicted octanol–water partition coefficient (Wildman–Crippen LogP) is 7.45. The van der Waals surface area contributed by atoms with Crippen LogP contribution >= 0.6 is 11.3 Å². The lowest BCUT2D eigenvalue weighted by atomic mass is 9.89. The zero-order valence-corrected chi connectivity index (χ0v) is 22.0. The summed E-state index contributed by atoms with van der Waals surface area (Å²) in [7, 11) is 1.67. The van der Waals surface area contributed by atoms with Crippen LogP contribution in [0.2, 0.25) is 0 Å². The minimum atomic E-state index is -0.386. The molecule has 0 bridgehead atoms. The number of amides is 1. The van der Waals surface area contributed by atoms with Crippen LogP contribution in [0, 0.1) is 12.8 Å². The van der Waals surface area contributed by atoms with Gasteiger partial charge in [0.05, 0.1) is 24.2 Å². The molecule has 7 heteroatoms. The molecule has 0 radical (unpaired) electrons. The quantitative estimate of drug-likeness (QED) is 0.297. The van der Waals surface area contributed by atoms with Crippen LogP contribution in [0.3, 0.4) is 0 Å². The molecule has 1 saturated carbocycles. The van der Waals surface area contributed by atoms with Gasteiger partial charge in [0.2, 0.25) is 0 Å². The third-order valence-electron chi connectivity index (χ3n) is 6.84. The molecule has 4 rings (SSSR count). The van der Waals surface area contributed by atoms with E-state index in [2.05, 4.69) is 22.2 Å². The molecule has 6 nitrogen and oxygen atoms in total. The highest BCUT2D eigenvalue weighted by molar-refractivity contribution is 7.13. The zero-order valence-electron chi connectivity index (χ0n) is 21.1. The Bertz CT molecular complexity index is 1100. The molecular weight excluding hydrogens is 458 g/mol. The summed E-state index contributed by atoms with van der Waals surface area (Å²) >= 11 is 1.63. The number of aromatic nitrogens is 2. The third-order valence-corrected chi connectivity index (χ3v) is 7.73. The van der Waals surface area contributed by atoms with Crippen LogP contribution in [0.5, 0.6) is 11.5 Å². The van der Waals surface area contributed by atoms with Crippen LogP contribution in [0.25, 0.3) is 22.0 Å². The number of carbonyl (C=O) groups is 1. The van der Waals surface area contributed by atoms with Gasteiger partial charge in [-0.25, -0.2) is 9.78 Å². The first-order valence-electron chi connectivity index (χ1n) is 12.8. The fourth-order valence-corrected chi connectivity index (χ4v) is 5.58. The molecule has 2 aromatic heterocycles. The molecule has 1 aliphatic carbocycles. The van der Waals surface area contributed by atoms with E-state index in [1.54, 1.807) is 18.4 Å². The van der Waals surface area contributed by atoms with Crippen molar-refractivity contribution >= 4 is 17.4 Å². The second-order valence-corrected chi connectivity index (χ2v) is 10.2. The van der Waals surface area contributed by atoms with E-state index in [4.69, 9.17) is 14.5 Å². The Balaban J connectivity index is 1.58. The topological polar surface area (TPSA) is 65.4 Å². The lowest BCUT2D eigenvalue weighted by Gasteiger charge is -2.24. The number of hydrogen-bond acceptors (Lipinski definition) is 5. The molecule has 188 valence electrons. The highest BCUT2D eigenvalue weighted by Crippen LogP contribution is 2.36. The van der Waals surface area contributed by atoms with Gasteiger partial charge in [0.15, 0.2) is 5.75 Å². The molecule has 1 aromatic carbocycles. The third kappa shape index (κ3) is 6.45. The van der Waals surface area contributed by atoms with E-state index in [0.29, 0.717) is 18.2 Å². The summed E-state index contributed by atoms with van der Waals surface area (Å²) < 4.78 is 13.4. The Morgan fingerprint density at radius 2 is 1.94 bits per heavy atom. The molecular formula is C28H37N3O3S. The van der Waals surface area contributed by atoms with E-state index in [-0.39, 0.29) is 6.09 Å². The number of ether oxygens (including phenoxy) is 2. The molecule has 0 unspecified atom stereocenters. The average molecular weight is 496 g/mol. The molecule has 0 atom stereocenters. The van der Waals surface area contributed by atoms with Crippen LogP contribution in [0.4, 0.5) is 4.79 Å². The van der Waals surface area contributed by atoms with Gasteiger partial charge in [-0.1, -0.05) is 39.0 Å². The molecule has 0 spiro atoms. The summed E-state index contributed by atoms with van der Waals surface area (Å²) in [6.07, 6.45) is 9.21. The zero-order chi connectivity index (χ0) is 24.6. The molecule has 1 aliphatic rings. The van der Waals surface area contributed by atoms with Crippen molar-refractivity contribution in [2.75, 3.05) is 13.7 Å². The minimum absolute atomic E-state index is 0.386. The SMILES string of the molecule is CCCCCNC(=O)Oc1cc(-c2csc(-c3ccc(OC)cc3)n2)n(CC2CCCCC2)c1C. The summed E-state index contributed by atoms with van der Waals surface area (Å²) in [5, 5.41) is 5.94. The molecule has 0 saturated heterocycles. The number of benzene rings is 1. The van der Waals surface area contributed by atoms with Gasteiger partial charge in [0, 0.05) is 30.1 Å². The van der Waals surface area contributed by atoms with Crippen molar-refractivity contribution in [3.05, 3.63) is 41.4 Å². The smallest absolute Gasteiger partial charge is 0.412 e. The van der Waals surface area contributed by atoms with E-state index >= 15 is 0 Å². The van der Waals surface area contributed by atoms with Gasteiger partial charge in [-0.3, -0.25) is 0 Å². The summed E-state index contributed by atoms with van der Waals surface area (Å²) in [5.74, 6) is 2.09. The van der Waals surface area contributed by atoms with Gasteiger partial charge in [-0.05, 0) is 56.4 Å². The Kier molecular flexibility index (Phi) is 8.85. The van der Waals surface area contributed by atoms with Crippen LogP contribution in [-0.2, 0) is 6.54 Å². The van der Waals surface area contributed by atoms with Crippen molar-refractivity contribution in [3.63, 3.8) is 0 Å². The Morgan fingerprint density at radius 1 is 1.17 bits per heavy atom. The van der Waals surface area contributed by atoms with Crippen molar-refractivity contribution < 1.29 is 14.3 Å². The summed E-state index contributed by atoms with van der Waals surface area (Å²) in [4.78, 5) is 17.4. The normalized spacial score (nSPS) is 14.1. The van der Waals surface area contributed by atoms with Gasteiger partial charge in [0.1, 0.15) is 10.8 Å². The molecule has 35 heavy (non-hydrogen) atoms. The summed E-state index contributed by atoms with van der Waals surface area (Å²) in [6, 6.07) is 9.96. The van der Waals surface area contributed by atoms with Gasteiger partial charge in [-0.2, -0.15) is 0 Å². The van der Waals surface area contributed by atoms with Gasteiger partial charge in [0.25, 0.3) is 0 Å². The average Bonchev–Trinajstić information content (AvgIpc) is 3.48. The van der Waals surface area contributed by atoms with E-state index in [1.165, 1.54) is 32.1 Å². The number of unbranched alkanes of at least 4 members (excludes halogenated alkanes) is 2. The standard InChI is InChI=1S/C28H37N3O3S/c1-4-5-9-16-29-28(32)34-26-17-25(31(20(26)2)18-21-10-7-6-8-11-21)24-19-35-27(30-24)22-12-14-23(33-3)15-13-22/h12-15,17,19,21H,4-11,16,18H2,1-3H3,(H,29,32). The maximum absolute atomic E-state index is 12.4. The van der Waals surface area contributed by atoms with Crippen LogP contribution in [0.1, 0.15) is 64.0 Å². The van der Waals surface area contributed by atoms with Gasteiger partial charge < -0.3 is 19.4 Å². The number of carbonyl (C=O) groups excluding carboxylic acids is 1. The Labute approximate surface area is 212 Å². The van der Waals surface area contributed by atoms with E-state index in [1.807, 2.05) is 37.3 Å². The highest BCUT2D eigenvalue weighted by atomic mass is 32.1. The van der Waals surface area contributed by atoms with Crippen molar-refractivity contribution in [3.8, 4) is 33.5 Å². The molecule has 0 aliphatic heterocycles. The largest absolute Gasteiger partial charge is 0.497 e. The van der Waals surface area contributed by atoms with E-state index in [9.17, 15) is 4.79 Å². The minimum Gasteiger partial charge on any atom is -0.497 e. The van der Waals surface area contributed by atoms with Crippen LogP contribution in [0.15, 0.2) is 35.7 Å². The second kappa shape index (κ2) is 12.2. The first kappa shape index (κ1) is 25.3. The Hall–Kier alpha value is -2.80. The Morgan fingerprint density at radius 3 is 2.66 bits per heavy atom. The van der Waals surface area contributed by atoms with Crippen LogP contribution in [-0.4, -0.2) is 29.3 Å². The number of rotatable bonds is 10. The fourth-order valence-electron chi connectivity index (χ4n) is 4.76. The van der Waals surface area contributed by atoms with Crippen LogP contribution < -0.4 is 14.8 Å². The predicted molar refractivity (Wildman–Crippen MR) is 142 cm³/mol. The molecule has 2 heterocycles. The first-order chi connectivity index (χ1) is 17.1. The number of nitrogens with one attached hydrogen (secondary N) is 1. The number of methoxy groups -OCH3 is 1. The molecule has 1 N–H and O–H groups in total. The number of hydrogen-bond donors (Lipinski definition) is 1. The summed E-state index contributed by atoms with van der Waals surface area (Å²) in [5.41, 5.74) is 3.97. The van der Waals surface area contributed by atoms with E-state index in [0.717, 1.165) is 59.2 Å². The van der Waals surface area contributed by atoms with Gasteiger partial charge in [-0.15, -0.1) is 11.3 Å². The van der Waals surface area contributed by atoms with E-state index < -0.39 is 0 Å². The maximum Gasteiger partial charge on any atom is 0.412 e. The van der Waals surface area contributed by atoms with Crippen molar-refractivity contribution in [2.24, 2.45) is 5.92 Å². The summed E-state index contributed by atoms with van der Waals surface area (Å²) in [6.45, 7) is 5.76. The lowest BCUT2D eigenvalue weighted by molar-refractivity contribution is 0.200. The fraction of sp³-hybridized carbons (Fsp3) is 0.500. The van der Waals surface area contributed by atoms with Crippen molar-refractivity contribution in [1.29, 1.82) is 0 Å². The van der Waals surface area contributed by atoms with Crippen molar-refractivity contribution in [1.82, 2.24) is 14.9 Å². The highest BCUT2D eigenvalue weighted by Gasteiger charge is 2.22. The number of thiazole rings is 1. The molecule has 1 amide bonds. The lowest BCUT2D eigenvalue weighted by Crippen LogP contribution is -2.27. The second-order valence-electron chi connectivity index (χ2n) is 9.38. The first-order valence-corrected chi connectivity index (χ1v) is 13.7. The van der Waals surface area contributed by atoms with Gasteiger partial charge >= 0.3 is 6.09 Å². The molecule has 1 fully saturated rings. The van der Waals surface area contributed by atoms with Crippen molar-refractivity contribution in [2.45, 2.75) is 71.8 Å². The number of nitrogens with zero attached hydrogens (tertiary/aromatic N) is 2. The monoisotopic (exact) mass is 495 g/mol. The molecule has 3 aromatic rings.